The van der Waals surface area contributed by atoms with Gasteiger partial charge in [0, 0.05) is 29.4 Å². The largest absolute Gasteiger partial charge is 0.356 e. The Hall–Kier alpha value is -2.35. The normalized spacial score (nSPS) is 16.5. The molecule has 1 aromatic heterocycles. The van der Waals surface area contributed by atoms with Crippen molar-refractivity contribution < 1.29 is 9.32 Å². The highest BCUT2D eigenvalue weighted by molar-refractivity contribution is 7.98. The first-order valence-electron chi connectivity index (χ1n) is 11.8. The first-order chi connectivity index (χ1) is 16.6. The Kier molecular flexibility index (Phi) is 9.02. The number of thioether (sulfide) groups is 1. The summed E-state index contributed by atoms with van der Waals surface area (Å²) >= 11 is 7.87. The Morgan fingerprint density at radius 2 is 2.12 bits per heavy atom. The Morgan fingerprint density at radius 1 is 1.26 bits per heavy atom. The molecule has 4 rings (SSSR count). The highest BCUT2D eigenvalue weighted by Gasteiger charge is 2.26. The van der Waals surface area contributed by atoms with Crippen molar-refractivity contribution in [1.29, 1.82) is 0 Å². The van der Waals surface area contributed by atoms with E-state index in [1.54, 1.807) is 0 Å². The van der Waals surface area contributed by atoms with E-state index in [1.807, 2.05) is 36.0 Å². The summed E-state index contributed by atoms with van der Waals surface area (Å²) in [4.78, 5) is 19.4. The smallest absolute Gasteiger partial charge is 0.241 e. The number of carbonyl (C=O) groups excluding carboxylic acids is 1. The van der Waals surface area contributed by atoms with Gasteiger partial charge in [-0.15, -0.1) is 0 Å². The van der Waals surface area contributed by atoms with E-state index >= 15 is 0 Å². The maximum absolute atomic E-state index is 12.7. The third-order valence-corrected chi connectivity index (χ3v) is 7.29. The molecule has 1 unspecified atom stereocenters. The molecule has 8 heteroatoms. The first kappa shape index (κ1) is 24.8. The molecule has 34 heavy (non-hydrogen) atoms. The van der Waals surface area contributed by atoms with Gasteiger partial charge in [-0.2, -0.15) is 16.7 Å². The summed E-state index contributed by atoms with van der Waals surface area (Å²) in [7, 11) is 0. The number of amides is 1. The van der Waals surface area contributed by atoms with Gasteiger partial charge in [-0.25, -0.2) is 0 Å². The number of piperidine rings is 1. The van der Waals surface area contributed by atoms with Crippen LogP contribution in [0.15, 0.2) is 53.1 Å². The fourth-order valence-corrected chi connectivity index (χ4v) is 5.20. The molecule has 0 bridgehead atoms. The zero-order valence-electron chi connectivity index (χ0n) is 19.5. The molecular weight excluding hydrogens is 468 g/mol. The van der Waals surface area contributed by atoms with E-state index in [9.17, 15) is 4.79 Å². The van der Waals surface area contributed by atoms with Gasteiger partial charge in [-0.3, -0.25) is 9.69 Å². The Bertz CT molecular complexity index is 1070. The van der Waals surface area contributed by atoms with Crippen LogP contribution in [-0.4, -0.2) is 46.3 Å². The standard InChI is InChI=1S/C26H31ClN4O2S/c1-19-5-2-6-20(15-19)18-34-14-4-12-28-26(32)22-7-3-13-31(16-22)17-24-29-25(30-33-24)21-8-10-23(27)11-9-21/h2,5-6,8-11,15,22H,3-4,7,12-14,16-18H2,1H3,(H,28,32). The van der Waals surface area contributed by atoms with Gasteiger partial charge in [-0.05, 0) is 68.3 Å². The maximum Gasteiger partial charge on any atom is 0.241 e. The minimum Gasteiger partial charge on any atom is -0.356 e. The number of aryl methyl sites for hydroxylation is 1. The van der Waals surface area contributed by atoms with Crippen molar-refractivity contribution in [3.8, 4) is 11.4 Å². The lowest BCUT2D eigenvalue weighted by molar-refractivity contribution is -0.126. The molecule has 1 saturated heterocycles. The van der Waals surface area contributed by atoms with E-state index in [2.05, 4.69) is 51.5 Å². The second-order valence-electron chi connectivity index (χ2n) is 8.78. The van der Waals surface area contributed by atoms with Crippen LogP contribution >= 0.6 is 23.4 Å². The van der Waals surface area contributed by atoms with Crippen LogP contribution in [-0.2, 0) is 17.1 Å². The SMILES string of the molecule is Cc1cccc(CSCCCNC(=O)C2CCCN(Cc3nc(-c4ccc(Cl)cc4)no3)C2)c1. The zero-order chi connectivity index (χ0) is 23.8. The van der Waals surface area contributed by atoms with Crippen LogP contribution < -0.4 is 5.32 Å². The Labute approximate surface area is 210 Å². The summed E-state index contributed by atoms with van der Waals surface area (Å²) in [6, 6.07) is 16.0. The van der Waals surface area contributed by atoms with Crippen LogP contribution in [0.4, 0.5) is 0 Å². The summed E-state index contributed by atoms with van der Waals surface area (Å²) in [6.07, 6.45) is 2.89. The second-order valence-corrected chi connectivity index (χ2v) is 10.3. The molecule has 1 atom stereocenters. The van der Waals surface area contributed by atoms with Crippen LogP contribution in [0.1, 0.15) is 36.3 Å². The van der Waals surface area contributed by atoms with Crippen molar-refractivity contribution in [3.63, 3.8) is 0 Å². The van der Waals surface area contributed by atoms with Gasteiger partial charge in [0.15, 0.2) is 0 Å². The number of benzene rings is 2. The van der Waals surface area contributed by atoms with Crippen molar-refractivity contribution >= 4 is 29.3 Å². The molecular formula is C26H31ClN4O2S. The van der Waals surface area contributed by atoms with Gasteiger partial charge in [0.25, 0.3) is 0 Å². The maximum atomic E-state index is 12.7. The van der Waals surface area contributed by atoms with Crippen LogP contribution in [0.2, 0.25) is 5.02 Å². The van der Waals surface area contributed by atoms with Gasteiger partial charge in [0.05, 0.1) is 12.5 Å². The lowest BCUT2D eigenvalue weighted by Gasteiger charge is -2.30. The van der Waals surface area contributed by atoms with Gasteiger partial charge in [0.1, 0.15) is 0 Å². The van der Waals surface area contributed by atoms with Crippen LogP contribution in [0, 0.1) is 12.8 Å². The molecule has 0 radical (unpaired) electrons. The van der Waals surface area contributed by atoms with E-state index in [-0.39, 0.29) is 11.8 Å². The minimum absolute atomic E-state index is 0.00681. The van der Waals surface area contributed by atoms with Crippen molar-refractivity contribution in [1.82, 2.24) is 20.4 Å². The molecule has 0 saturated carbocycles. The lowest BCUT2D eigenvalue weighted by atomic mass is 9.97. The second kappa shape index (κ2) is 12.4. The summed E-state index contributed by atoms with van der Waals surface area (Å²) in [6.45, 7) is 5.05. The average Bonchev–Trinajstić information content (AvgIpc) is 3.30. The van der Waals surface area contributed by atoms with E-state index in [0.717, 1.165) is 49.4 Å². The molecule has 180 valence electrons. The lowest BCUT2D eigenvalue weighted by Crippen LogP contribution is -2.43. The number of carbonyl (C=O) groups is 1. The summed E-state index contributed by atoms with van der Waals surface area (Å²) in [5.41, 5.74) is 3.53. The van der Waals surface area contributed by atoms with Crippen LogP contribution in [0.3, 0.4) is 0 Å². The predicted octanol–water partition coefficient (Wildman–Crippen LogP) is 5.35. The van der Waals surface area contributed by atoms with Crippen molar-refractivity contribution in [2.75, 3.05) is 25.4 Å². The molecule has 1 fully saturated rings. The first-order valence-corrected chi connectivity index (χ1v) is 13.3. The third kappa shape index (κ3) is 7.32. The van der Waals surface area contributed by atoms with Crippen LogP contribution in [0.25, 0.3) is 11.4 Å². The number of likely N-dealkylation sites (tertiary alicyclic amines) is 1. The van der Waals surface area contributed by atoms with E-state index in [1.165, 1.54) is 11.1 Å². The molecule has 0 aliphatic carbocycles. The topological polar surface area (TPSA) is 71.3 Å². The van der Waals surface area contributed by atoms with Crippen molar-refractivity contribution in [3.05, 3.63) is 70.6 Å². The molecule has 1 aliphatic rings. The molecule has 0 spiro atoms. The Balaban J connectivity index is 1.16. The third-order valence-electron chi connectivity index (χ3n) is 5.92. The highest BCUT2D eigenvalue weighted by atomic mass is 35.5. The number of hydrogen-bond donors (Lipinski definition) is 1. The van der Waals surface area contributed by atoms with Gasteiger partial charge in [0.2, 0.25) is 17.6 Å². The number of rotatable bonds is 10. The number of hydrogen-bond acceptors (Lipinski definition) is 6. The number of nitrogens with zero attached hydrogens (tertiary/aromatic N) is 3. The average molecular weight is 499 g/mol. The fraction of sp³-hybridized carbons (Fsp3) is 0.423. The molecule has 3 aromatic rings. The van der Waals surface area contributed by atoms with Gasteiger partial charge < -0.3 is 9.84 Å². The van der Waals surface area contributed by atoms with E-state index in [0.29, 0.717) is 29.8 Å². The fourth-order valence-electron chi connectivity index (χ4n) is 4.16. The zero-order valence-corrected chi connectivity index (χ0v) is 21.1. The van der Waals surface area contributed by atoms with Crippen molar-refractivity contribution in [2.24, 2.45) is 5.92 Å². The van der Waals surface area contributed by atoms with E-state index in [4.69, 9.17) is 16.1 Å². The summed E-state index contributed by atoms with van der Waals surface area (Å²) < 4.78 is 5.45. The minimum atomic E-state index is 0.00681. The monoisotopic (exact) mass is 498 g/mol. The number of halogens is 1. The molecule has 2 heterocycles. The molecule has 2 aromatic carbocycles. The Morgan fingerprint density at radius 3 is 2.94 bits per heavy atom. The highest BCUT2D eigenvalue weighted by Crippen LogP contribution is 2.22. The number of nitrogens with one attached hydrogen (secondary N) is 1. The number of aromatic nitrogens is 2. The summed E-state index contributed by atoms with van der Waals surface area (Å²) in [5.74, 6) is 3.34. The van der Waals surface area contributed by atoms with Crippen LogP contribution in [0.5, 0.6) is 0 Å². The quantitative estimate of drug-likeness (QED) is 0.380. The van der Waals surface area contributed by atoms with Crippen molar-refractivity contribution in [2.45, 2.75) is 38.5 Å². The van der Waals surface area contributed by atoms with E-state index < -0.39 is 0 Å². The predicted molar refractivity (Wildman–Crippen MR) is 138 cm³/mol. The molecule has 1 N–H and O–H groups in total. The summed E-state index contributed by atoms with van der Waals surface area (Å²) in [5, 5.41) is 7.89. The van der Waals surface area contributed by atoms with Gasteiger partial charge in [-0.1, -0.05) is 46.6 Å². The van der Waals surface area contributed by atoms with Gasteiger partial charge >= 0.3 is 0 Å². The molecule has 1 aliphatic heterocycles. The molecule has 1 amide bonds. The molecule has 6 nitrogen and oxygen atoms in total.